The highest BCUT2D eigenvalue weighted by atomic mass is 32.1. The number of thiophene rings is 1. The van der Waals surface area contributed by atoms with Gasteiger partial charge in [-0.3, -0.25) is 4.79 Å². The summed E-state index contributed by atoms with van der Waals surface area (Å²) in [6.07, 6.45) is 2.98. The number of carbonyl (C=O) groups excluding carboxylic acids is 1. The second kappa shape index (κ2) is 7.58. The van der Waals surface area contributed by atoms with Gasteiger partial charge in [0.25, 0.3) is 5.91 Å². The maximum Gasteiger partial charge on any atom is 0.262 e. The summed E-state index contributed by atoms with van der Waals surface area (Å²) in [5, 5.41) is 12.9. The molecule has 2 aromatic rings. The number of nitriles is 1. The third-order valence-electron chi connectivity index (χ3n) is 4.31. The third-order valence-corrected chi connectivity index (χ3v) is 5.48. The zero-order chi connectivity index (χ0) is 17.8. The summed E-state index contributed by atoms with van der Waals surface area (Å²) in [4.78, 5) is 13.4. The first-order valence-electron chi connectivity index (χ1n) is 8.22. The number of methoxy groups -OCH3 is 1. The Morgan fingerprint density at radius 3 is 2.76 bits per heavy atom. The molecular formula is C19H20N2O3S. The quantitative estimate of drug-likeness (QED) is 0.885. The zero-order valence-corrected chi connectivity index (χ0v) is 15.1. The number of fused-ring (bicyclic) bond motifs is 1. The van der Waals surface area contributed by atoms with Gasteiger partial charge in [-0.1, -0.05) is 6.92 Å². The Morgan fingerprint density at radius 1 is 1.36 bits per heavy atom. The Morgan fingerprint density at radius 2 is 2.08 bits per heavy atom. The fourth-order valence-electron chi connectivity index (χ4n) is 2.94. The van der Waals surface area contributed by atoms with E-state index in [-0.39, 0.29) is 12.5 Å². The largest absolute Gasteiger partial charge is 0.497 e. The lowest BCUT2D eigenvalue weighted by atomic mass is 9.89. The fourth-order valence-corrected chi connectivity index (χ4v) is 4.32. The lowest BCUT2D eigenvalue weighted by molar-refractivity contribution is -0.118. The van der Waals surface area contributed by atoms with Crippen LogP contribution in [0.15, 0.2) is 24.3 Å². The number of hydrogen-bond acceptors (Lipinski definition) is 5. The third kappa shape index (κ3) is 3.94. The van der Waals surface area contributed by atoms with E-state index in [0.717, 1.165) is 30.6 Å². The van der Waals surface area contributed by atoms with Gasteiger partial charge >= 0.3 is 0 Å². The van der Waals surface area contributed by atoms with E-state index in [1.54, 1.807) is 31.4 Å². The summed E-state index contributed by atoms with van der Waals surface area (Å²) < 4.78 is 10.6. The normalized spacial score (nSPS) is 15.8. The number of rotatable bonds is 5. The standard InChI is InChI=1S/C19H20N2O3S/c1-12-3-8-15-16(10-20)19(25-17(15)9-12)21-18(22)11-24-14-6-4-13(23-2)5-7-14/h4-7,12H,3,8-9,11H2,1-2H3,(H,21,22)/t12-/m1/s1. The molecule has 1 N–H and O–H groups in total. The molecule has 130 valence electrons. The number of anilines is 1. The van der Waals surface area contributed by atoms with Crippen molar-refractivity contribution in [1.29, 1.82) is 5.26 Å². The van der Waals surface area contributed by atoms with Gasteiger partial charge in [-0.05, 0) is 55.0 Å². The summed E-state index contributed by atoms with van der Waals surface area (Å²) in [7, 11) is 1.59. The van der Waals surface area contributed by atoms with Crippen LogP contribution in [0, 0.1) is 17.2 Å². The van der Waals surface area contributed by atoms with Crippen molar-refractivity contribution in [1.82, 2.24) is 0 Å². The van der Waals surface area contributed by atoms with E-state index in [4.69, 9.17) is 9.47 Å². The Balaban J connectivity index is 1.64. The number of amides is 1. The van der Waals surface area contributed by atoms with Crippen molar-refractivity contribution >= 4 is 22.2 Å². The maximum atomic E-state index is 12.2. The molecule has 0 spiro atoms. The molecule has 1 aromatic heterocycles. The first-order chi connectivity index (χ1) is 12.1. The summed E-state index contributed by atoms with van der Waals surface area (Å²) in [6, 6.07) is 9.29. The van der Waals surface area contributed by atoms with Gasteiger partial charge in [0, 0.05) is 4.88 Å². The first-order valence-corrected chi connectivity index (χ1v) is 9.03. The zero-order valence-electron chi connectivity index (χ0n) is 14.3. The topological polar surface area (TPSA) is 71.3 Å². The summed E-state index contributed by atoms with van der Waals surface area (Å²) in [6.45, 7) is 2.12. The minimum absolute atomic E-state index is 0.101. The van der Waals surface area contributed by atoms with E-state index in [2.05, 4.69) is 18.3 Å². The van der Waals surface area contributed by atoms with Crippen molar-refractivity contribution in [3.05, 3.63) is 40.3 Å². The lowest BCUT2D eigenvalue weighted by Crippen LogP contribution is -2.20. The summed E-state index contributed by atoms with van der Waals surface area (Å²) >= 11 is 1.52. The van der Waals surface area contributed by atoms with Gasteiger partial charge in [0.1, 0.15) is 22.6 Å². The van der Waals surface area contributed by atoms with Gasteiger partial charge in [0.05, 0.1) is 12.7 Å². The average Bonchev–Trinajstić information content (AvgIpc) is 2.96. The van der Waals surface area contributed by atoms with E-state index in [9.17, 15) is 10.1 Å². The molecule has 0 fully saturated rings. The van der Waals surface area contributed by atoms with E-state index >= 15 is 0 Å². The molecule has 5 nitrogen and oxygen atoms in total. The molecule has 0 aliphatic heterocycles. The predicted octanol–water partition coefficient (Wildman–Crippen LogP) is 3.77. The van der Waals surface area contributed by atoms with Crippen molar-refractivity contribution in [2.24, 2.45) is 5.92 Å². The van der Waals surface area contributed by atoms with Crippen LogP contribution in [0.2, 0.25) is 0 Å². The second-order valence-electron chi connectivity index (χ2n) is 6.18. The molecule has 1 atom stereocenters. The Hall–Kier alpha value is -2.52. The highest BCUT2D eigenvalue weighted by Gasteiger charge is 2.24. The molecule has 1 aliphatic carbocycles. The van der Waals surface area contributed by atoms with Crippen molar-refractivity contribution in [3.63, 3.8) is 0 Å². The molecule has 25 heavy (non-hydrogen) atoms. The second-order valence-corrected chi connectivity index (χ2v) is 7.29. The van der Waals surface area contributed by atoms with E-state index in [1.165, 1.54) is 16.2 Å². The van der Waals surface area contributed by atoms with E-state index in [0.29, 0.717) is 22.2 Å². The number of carbonyl (C=O) groups is 1. The van der Waals surface area contributed by atoms with Crippen molar-refractivity contribution in [2.75, 3.05) is 19.0 Å². The van der Waals surface area contributed by atoms with Gasteiger partial charge in [-0.25, -0.2) is 0 Å². The minimum atomic E-state index is -0.265. The predicted molar refractivity (Wildman–Crippen MR) is 97.3 cm³/mol. The highest BCUT2D eigenvalue weighted by Crippen LogP contribution is 2.39. The van der Waals surface area contributed by atoms with Crippen molar-refractivity contribution in [3.8, 4) is 17.6 Å². The van der Waals surface area contributed by atoms with Gasteiger partial charge < -0.3 is 14.8 Å². The smallest absolute Gasteiger partial charge is 0.262 e. The molecule has 0 radical (unpaired) electrons. The van der Waals surface area contributed by atoms with E-state index in [1.807, 2.05) is 0 Å². The van der Waals surface area contributed by atoms with Crippen molar-refractivity contribution < 1.29 is 14.3 Å². The van der Waals surface area contributed by atoms with Crippen LogP contribution >= 0.6 is 11.3 Å². The molecule has 1 aromatic carbocycles. The van der Waals surface area contributed by atoms with Crippen molar-refractivity contribution in [2.45, 2.75) is 26.2 Å². The van der Waals surface area contributed by atoms with Gasteiger partial charge in [0.2, 0.25) is 0 Å². The van der Waals surface area contributed by atoms with Crippen LogP contribution in [0.4, 0.5) is 5.00 Å². The first kappa shape index (κ1) is 17.3. The van der Waals surface area contributed by atoms with Crippen LogP contribution in [0.5, 0.6) is 11.5 Å². The maximum absolute atomic E-state index is 12.2. The van der Waals surface area contributed by atoms with E-state index < -0.39 is 0 Å². The van der Waals surface area contributed by atoms with Crippen LogP contribution < -0.4 is 14.8 Å². The van der Waals surface area contributed by atoms with Gasteiger partial charge in [-0.15, -0.1) is 11.3 Å². The molecule has 1 heterocycles. The molecule has 0 bridgehead atoms. The molecule has 0 saturated heterocycles. The SMILES string of the molecule is COc1ccc(OCC(=O)Nc2sc3c(c2C#N)CC[C@@H](C)C3)cc1. The van der Waals surface area contributed by atoms with Crippen LogP contribution in [-0.2, 0) is 17.6 Å². The Kier molecular flexibility index (Phi) is 5.25. The summed E-state index contributed by atoms with van der Waals surface area (Å²) in [5.74, 6) is 1.68. The van der Waals surface area contributed by atoms with Crippen LogP contribution in [0.25, 0.3) is 0 Å². The number of benzene rings is 1. The monoisotopic (exact) mass is 356 g/mol. The number of ether oxygens (including phenoxy) is 2. The minimum Gasteiger partial charge on any atom is -0.497 e. The molecule has 0 unspecified atom stereocenters. The average molecular weight is 356 g/mol. The van der Waals surface area contributed by atoms with Crippen LogP contribution in [0.1, 0.15) is 29.3 Å². The molecule has 6 heteroatoms. The lowest BCUT2D eigenvalue weighted by Gasteiger charge is -2.17. The number of nitrogens with one attached hydrogen (secondary N) is 1. The van der Waals surface area contributed by atoms with Gasteiger partial charge in [-0.2, -0.15) is 5.26 Å². The van der Waals surface area contributed by atoms with Crippen LogP contribution in [0.3, 0.4) is 0 Å². The molecule has 1 amide bonds. The molecule has 1 aliphatic rings. The number of hydrogen-bond donors (Lipinski definition) is 1. The van der Waals surface area contributed by atoms with Crippen LogP contribution in [-0.4, -0.2) is 19.6 Å². The highest BCUT2D eigenvalue weighted by molar-refractivity contribution is 7.16. The Labute approximate surface area is 151 Å². The summed E-state index contributed by atoms with van der Waals surface area (Å²) in [5.41, 5.74) is 1.72. The fraction of sp³-hybridized carbons (Fsp3) is 0.368. The number of nitrogens with zero attached hydrogens (tertiary/aromatic N) is 1. The molecule has 0 saturated carbocycles. The Bertz CT molecular complexity index is 805. The molecule has 3 rings (SSSR count). The van der Waals surface area contributed by atoms with Gasteiger partial charge in [0.15, 0.2) is 6.61 Å². The molecular weight excluding hydrogens is 336 g/mol.